The summed E-state index contributed by atoms with van der Waals surface area (Å²) >= 11 is 3.60. The number of thiazole rings is 1. The van der Waals surface area contributed by atoms with Gasteiger partial charge in [0.25, 0.3) is 0 Å². The maximum Gasteiger partial charge on any atom is 0.193 e. The molecule has 0 radical (unpaired) electrons. The van der Waals surface area contributed by atoms with Gasteiger partial charge in [-0.2, -0.15) is 11.8 Å². The summed E-state index contributed by atoms with van der Waals surface area (Å²) in [6.45, 7) is 3.19. The second kappa shape index (κ2) is 6.42. The van der Waals surface area contributed by atoms with Gasteiger partial charge in [-0.05, 0) is 25.0 Å². The molecule has 0 aliphatic heterocycles. The number of fused-ring (bicyclic) bond motifs is 1. The van der Waals surface area contributed by atoms with E-state index >= 15 is 0 Å². The first-order valence-electron chi connectivity index (χ1n) is 5.97. The van der Waals surface area contributed by atoms with Gasteiger partial charge >= 0.3 is 0 Å². The Kier molecular flexibility index (Phi) is 4.88. The zero-order valence-electron chi connectivity index (χ0n) is 10.3. The largest absolute Gasteiger partial charge is 0.314 e. The molecule has 1 N–H and O–H groups in total. The van der Waals surface area contributed by atoms with Crippen LogP contribution < -0.4 is 5.32 Å². The van der Waals surface area contributed by atoms with Gasteiger partial charge in [0.2, 0.25) is 0 Å². The van der Waals surface area contributed by atoms with Crippen LogP contribution in [0.1, 0.15) is 19.0 Å². The van der Waals surface area contributed by atoms with Gasteiger partial charge in [0.1, 0.15) is 0 Å². The van der Waals surface area contributed by atoms with Crippen molar-refractivity contribution >= 4 is 28.1 Å². The summed E-state index contributed by atoms with van der Waals surface area (Å²) in [6.07, 6.45) is 8.62. The third kappa shape index (κ3) is 3.47. The molecular weight excluding hydrogens is 250 g/mol. The predicted octanol–water partition coefficient (Wildman–Crippen LogP) is 2.67. The molecule has 2 rings (SSSR count). The topological polar surface area (TPSA) is 29.3 Å². The molecule has 0 bridgehead atoms. The van der Waals surface area contributed by atoms with Crippen LogP contribution in [0.2, 0.25) is 0 Å². The number of hydrogen-bond donors (Lipinski definition) is 1. The Bertz CT molecular complexity index is 421. The molecule has 17 heavy (non-hydrogen) atoms. The molecule has 2 heterocycles. The second-order valence-electron chi connectivity index (χ2n) is 4.07. The SMILES string of the molecule is CCNC(CCSC)Cc1cn2ccsc2n1. The fraction of sp³-hybridized carbons (Fsp3) is 0.583. The second-order valence-corrected chi connectivity index (χ2v) is 5.92. The van der Waals surface area contributed by atoms with E-state index < -0.39 is 0 Å². The first-order valence-corrected chi connectivity index (χ1v) is 8.24. The van der Waals surface area contributed by atoms with Gasteiger partial charge < -0.3 is 5.32 Å². The zero-order chi connectivity index (χ0) is 12.1. The number of thioether (sulfide) groups is 1. The Morgan fingerprint density at radius 3 is 3.18 bits per heavy atom. The van der Waals surface area contributed by atoms with Crippen molar-refractivity contribution in [2.24, 2.45) is 0 Å². The van der Waals surface area contributed by atoms with Crippen molar-refractivity contribution in [2.75, 3.05) is 18.6 Å². The van der Waals surface area contributed by atoms with E-state index in [1.807, 2.05) is 11.8 Å². The Morgan fingerprint density at radius 1 is 1.59 bits per heavy atom. The van der Waals surface area contributed by atoms with Crippen LogP contribution >= 0.6 is 23.1 Å². The van der Waals surface area contributed by atoms with E-state index in [0.29, 0.717) is 6.04 Å². The fourth-order valence-electron chi connectivity index (χ4n) is 1.95. The minimum Gasteiger partial charge on any atom is -0.314 e. The van der Waals surface area contributed by atoms with Gasteiger partial charge in [-0.25, -0.2) is 4.98 Å². The summed E-state index contributed by atoms with van der Waals surface area (Å²) in [5.74, 6) is 1.21. The molecule has 0 saturated heterocycles. The van der Waals surface area contributed by atoms with Gasteiger partial charge in [-0.1, -0.05) is 6.92 Å². The molecule has 5 heteroatoms. The highest BCUT2D eigenvalue weighted by molar-refractivity contribution is 7.98. The van der Waals surface area contributed by atoms with Crippen LogP contribution in [0.25, 0.3) is 4.96 Å². The average Bonchev–Trinajstić information content (AvgIpc) is 2.86. The lowest BCUT2D eigenvalue weighted by Gasteiger charge is -2.15. The number of nitrogens with one attached hydrogen (secondary N) is 1. The van der Waals surface area contributed by atoms with Crippen molar-refractivity contribution < 1.29 is 0 Å². The summed E-state index contributed by atoms with van der Waals surface area (Å²) in [5, 5.41) is 5.61. The molecule has 0 spiro atoms. The maximum absolute atomic E-state index is 4.64. The smallest absolute Gasteiger partial charge is 0.193 e. The van der Waals surface area contributed by atoms with Crippen LogP contribution in [0.4, 0.5) is 0 Å². The number of nitrogens with zero attached hydrogens (tertiary/aromatic N) is 2. The molecule has 3 nitrogen and oxygen atoms in total. The van der Waals surface area contributed by atoms with Crippen molar-refractivity contribution in [1.29, 1.82) is 0 Å². The normalized spacial score (nSPS) is 13.3. The van der Waals surface area contributed by atoms with Crippen LogP contribution in [-0.4, -0.2) is 34.0 Å². The van der Waals surface area contributed by atoms with E-state index in [-0.39, 0.29) is 0 Å². The standard InChI is InChI=1S/C12H19N3S2/c1-3-13-10(4-6-16-2)8-11-9-15-5-7-17-12(15)14-11/h5,7,9-10,13H,3-4,6,8H2,1-2H3. The molecule has 1 unspecified atom stereocenters. The van der Waals surface area contributed by atoms with Crippen molar-refractivity contribution in [3.8, 4) is 0 Å². The summed E-state index contributed by atoms with van der Waals surface area (Å²) in [6, 6.07) is 0.553. The van der Waals surface area contributed by atoms with Gasteiger partial charge in [0.15, 0.2) is 4.96 Å². The quantitative estimate of drug-likeness (QED) is 0.838. The van der Waals surface area contributed by atoms with Crippen molar-refractivity contribution in [3.05, 3.63) is 23.5 Å². The van der Waals surface area contributed by atoms with E-state index in [9.17, 15) is 0 Å². The Morgan fingerprint density at radius 2 is 2.47 bits per heavy atom. The van der Waals surface area contributed by atoms with Crippen LogP contribution in [0.15, 0.2) is 17.8 Å². The fourth-order valence-corrected chi connectivity index (χ4v) is 3.19. The molecule has 94 valence electrons. The van der Waals surface area contributed by atoms with Crippen molar-refractivity contribution in [3.63, 3.8) is 0 Å². The summed E-state index contributed by atoms with van der Waals surface area (Å²) in [4.78, 5) is 5.73. The number of hydrogen-bond acceptors (Lipinski definition) is 4. The van der Waals surface area contributed by atoms with Crippen LogP contribution in [0.3, 0.4) is 0 Å². The average molecular weight is 269 g/mol. The Labute approximate surface area is 111 Å². The lowest BCUT2D eigenvalue weighted by atomic mass is 10.1. The molecule has 0 saturated carbocycles. The molecule has 0 amide bonds. The third-order valence-electron chi connectivity index (χ3n) is 2.76. The number of rotatable bonds is 7. The summed E-state index contributed by atoms with van der Waals surface area (Å²) in [7, 11) is 0. The number of imidazole rings is 1. The van der Waals surface area contributed by atoms with Crippen LogP contribution in [-0.2, 0) is 6.42 Å². The van der Waals surface area contributed by atoms with Crippen LogP contribution in [0.5, 0.6) is 0 Å². The van der Waals surface area contributed by atoms with E-state index in [1.165, 1.54) is 17.9 Å². The molecular formula is C12H19N3S2. The van der Waals surface area contributed by atoms with Crippen LogP contribution in [0, 0.1) is 0 Å². The lowest BCUT2D eigenvalue weighted by molar-refractivity contribution is 0.510. The molecule has 0 aliphatic rings. The number of likely N-dealkylation sites (N-methyl/N-ethyl adjacent to an activating group) is 1. The first kappa shape index (κ1) is 12.9. The highest BCUT2D eigenvalue weighted by atomic mass is 32.2. The van der Waals surface area contributed by atoms with E-state index in [4.69, 9.17) is 0 Å². The van der Waals surface area contributed by atoms with E-state index in [0.717, 1.165) is 17.9 Å². The molecule has 0 fully saturated rings. The minimum absolute atomic E-state index is 0.553. The minimum atomic E-state index is 0.553. The summed E-state index contributed by atoms with van der Waals surface area (Å²) < 4.78 is 2.11. The zero-order valence-corrected chi connectivity index (χ0v) is 12.0. The molecule has 2 aromatic heterocycles. The van der Waals surface area contributed by atoms with Crippen molar-refractivity contribution in [1.82, 2.24) is 14.7 Å². The monoisotopic (exact) mass is 269 g/mol. The van der Waals surface area contributed by atoms with Crippen molar-refractivity contribution in [2.45, 2.75) is 25.8 Å². The molecule has 0 aliphatic carbocycles. The molecule has 1 atom stereocenters. The van der Waals surface area contributed by atoms with E-state index in [1.54, 1.807) is 11.3 Å². The predicted molar refractivity (Wildman–Crippen MR) is 77.2 cm³/mol. The first-order chi connectivity index (χ1) is 8.33. The number of aromatic nitrogens is 2. The van der Waals surface area contributed by atoms with Gasteiger partial charge in [0.05, 0.1) is 5.69 Å². The highest BCUT2D eigenvalue weighted by Crippen LogP contribution is 2.14. The van der Waals surface area contributed by atoms with E-state index in [2.05, 4.69) is 45.7 Å². The van der Waals surface area contributed by atoms with Gasteiger partial charge in [-0.15, -0.1) is 11.3 Å². The Balaban J connectivity index is 1.98. The van der Waals surface area contributed by atoms with Gasteiger partial charge in [0, 0.05) is 30.2 Å². The molecule has 0 aromatic carbocycles. The van der Waals surface area contributed by atoms with Gasteiger partial charge in [-0.3, -0.25) is 4.40 Å². The highest BCUT2D eigenvalue weighted by Gasteiger charge is 2.11. The Hall–Kier alpha value is -0.520. The summed E-state index contributed by atoms with van der Waals surface area (Å²) in [5.41, 5.74) is 1.20. The lowest BCUT2D eigenvalue weighted by Crippen LogP contribution is -2.31. The third-order valence-corrected chi connectivity index (χ3v) is 4.18. The molecule has 2 aromatic rings. The maximum atomic E-state index is 4.64.